The Morgan fingerprint density at radius 2 is 2.39 bits per heavy atom. The third-order valence-corrected chi connectivity index (χ3v) is 3.36. The Hall–Kier alpha value is -1.88. The summed E-state index contributed by atoms with van der Waals surface area (Å²) in [7, 11) is 0. The van der Waals surface area contributed by atoms with Crippen molar-refractivity contribution in [1.29, 1.82) is 0 Å². The summed E-state index contributed by atoms with van der Waals surface area (Å²) in [6.45, 7) is 4.46. The number of piperazine rings is 1. The summed E-state index contributed by atoms with van der Waals surface area (Å²) in [6, 6.07) is 6.06. The summed E-state index contributed by atoms with van der Waals surface area (Å²) in [5.41, 5.74) is 1.53. The van der Waals surface area contributed by atoms with Gasteiger partial charge in [-0.1, -0.05) is 12.1 Å². The highest BCUT2D eigenvalue weighted by atomic mass is 16.2. The number of aromatic amines is 1. The predicted octanol–water partition coefficient (Wildman–Crippen LogP) is 0.997. The summed E-state index contributed by atoms with van der Waals surface area (Å²) >= 11 is 0. The first kappa shape index (κ1) is 11.2. The largest absolute Gasteiger partial charge is 0.336 e. The molecule has 2 heterocycles. The van der Waals surface area contributed by atoms with Crippen LogP contribution in [0.15, 0.2) is 24.4 Å². The maximum atomic E-state index is 12.5. The molecule has 1 aliphatic rings. The number of hydrogen-bond acceptors (Lipinski definition) is 3. The average molecular weight is 244 g/mol. The molecule has 2 N–H and O–H groups in total. The highest BCUT2D eigenvalue weighted by Gasteiger charge is 2.23. The smallest absolute Gasteiger partial charge is 0.256 e. The number of aromatic nitrogens is 2. The van der Waals surface area contributed by atoms with Crippen LogP contribution < -0.4 is 5.32 Å². The summed E-state index contributed by atoms with van der Waals surface area (Å²) in [4.78, 5) is 14.4. The molecular formula is C13H16N4O. The van der Waals surface area contributed by atoms with E-state index in [9.17, 15) is 4.79 Å². The third kappa shape index (κ3) is 1.86. The molecule has 5 heteroatoms. The van der Waals surface area contributed by atoms with Gasteiger partial charge in [0.15, 0.2) is 0 Å². The molecule has 0 bridgehead atoms. The van der Waals surface area contributed by atoms with E-state index in [4.69, 9.17) is 0 Å². The van der Waals surface area contributed by atoms with Crippen LogP contribution >= 0.6 is 0 Å². The molecule has 1 saturated heterocycles. The van der Waals surface area contributed by atoms with E-state index in [1.165, 1.54) is 0 Å². The maximum Gasteiger partial charge on any atom is 0.256 e. The van der Waals surface area contributed by atoms with E-state index in [0.29, 0.717) is 11.6 Å². The Kier molecular flexibility index (Phi) is 2.76. The van der Waals surface area contributed by atoms with Crippen LogP contribution in [-0.2, 0) is 0 Å². The summed E-state index contributed by atoms with van der Waals surface area (Å²) in [5, 5.41) is 11.2. The molecule has 0 radical (unpaired) electrons. The van der Waals surface area contributed by atoms with Crippen LogP contribution in [0.5, 0.6) is 0 Å². The van der Waals surface area contributed by atoms with Gasteiger partial charge >= 0.3 is 0 Å². The summed E-state index contributed by atoms with van der Waals surface area (Å²) in [5.74, 6) is 0.0817. The second kappa shape index (κ2) is 4.42. The van der Waals surface area contributed by atoms with Gasteiger partial charge in [-0.2, -0.15) is 5.10 Å². The van der Waals surface area contributed by atoms with Crippen molar-refractivity contribution in [3.05, 3.63) is 30.0 Å². The van der Waals surface area contributed by atoms with Crippen LogP contribution in [0.25, 0.3) is 10.9 Å². The normalized spacial score (nSPS) is 20.3. The molecule has 2 aromatic rings. The SMILES string of the molecule is CC1CN(C(=O)c2cccc3cn[nH]c23)CCN1. The van der Waals surface area contributed by atoms with Crippen LogP contribution in [0.1, 0.15) is 17.3 Å². The number of amides is 1. The first-order chi connectivity index (χ1) is 8.75. The first-order valence-corrected chi connectivity index (χ1v) is 6.20. The van der Waals surface area contributed by atoms with Gasteiger partial charge in [0.1, 0.15) is 0 Å². The number of fused-ring (bicyclic) bond motifs is 1. The summed E-state index contributed by atoms with van der Waals surface area (Å²) in [6.07, 6.45) is 1.74. The van der Waals surface area contributed by atoms with E-state index < -0.39 is 0 Å². The van der Waals surface area contributed by atoms with Crippen LogP contribution in [0, 0.1) is 0 Å². The Labute approximate surface area is 105 Å². The number of nitrogens with zero attached hydrogens (tertiary/aromatic N) is 2. The Morgan fingerprint density at radius 1 is 1.50 bits per heavy atom. The van der Waals surface area contributed by atoms with Gasteiger partial charge in [-0.05, 0) is 13.0 Å². The predicted molar refractivity (Wildman–Crippen MR) is 69.5 cm³/mol. The number of benzene rings is 1. The minimum atomic E-state index is 0.0817. The molecule has 18 heavy (non-hydrogen) atoms. The van der Waals surface area contributed by atoms with Crippen molar-refractivity contribution in [3.8, 4) is 0 Å². The monoisotopic (exact) mass is 244 g/mol. The number of nitrogens with one attached hydrogen (secondary N) is 2. The second-order valence-corrected chi connectivity index (χ2v) is 4.75. The van der Waals surface area contributed by atoms with E-state index in [1.807, 2.05) is 23.1 Å². The lowest BCUT2D eigenvalue weighted by molar-refractivity contribution is 0.0711. The van der Waals surface area contributed by atoms with Gasteiger partial charge in [0.2, 0.25) is 0 Å². The number of H-pyrrole nitrogens is 1. The van der Waals surface area contributed by atoms with Crippen LogP contribution in [0.3, 0.4) is 0 Å². The average Bonchev–Trinajstić information content (AvgIpc) is 2.86. The lowest BCUT2D eigenvalue weighted by atomic mass is 10.1. The van der Waals surface area contributed by atoms with Crippen molar-refractivity contribution < 1.29 is 4.79 Å². The van der Waals surface area contributed by atoms with E-state index in [0.717, 1.165) is 30.5 Å². The Balaban J connectivity index is 1.94. The van der Waals surface area contributed by atoms with Gasteiger partial charge in [-0.15, -0.1) is 0 Å². The molecule has 0 spiro atoms. The molecule has 1 aromatic carbocycles. The van der Waals surface area contributed by atoms with Gasteiger partial charge < -0.3 is 10.2 Å². The quantitative estimate of drug-likeness (QED) is 0.786. The number of carbonyl (C=O) groups is 1. The fraction of sp³-hybridized carbons (Fsp3) is 0.385. The number of rotatable bonds is 1. The van der Waals surface area contributed by atoms with Gasteiger partial charge in [-0.25, -0.2) is 0 Å². The van der Waals surface area contributed by atoms with Crippen molar-refractivity contribution in [1.82, 2.24) is 20.4 Å². The molecular weight excluding hydrogens is 228 g/mol. The summed E-state index contributed by atoms with van der Waals surface area (Å²) < 4.78 is 0. The van der Waals surface area contributed by atoms with Crippen molar-refractivity contribution in [2.24, 2.45) is 0 Å². The van der Waals surface area contributed by atoms with Crippen LogP contribution in [-0.4, -0.2) is 46.7 Å². The van der Waals surface area contributed by atoms with Crippen molar-refractivity contribution in [3.63, 3.8) is 0 Å². The molecule has 94 valence electrons. The second-order valence-electron chi connectivity index (χ2n) is 4.75. The molecule has 1 unspecified atom stereocenters. The number of hydrogen-bond donors (Lipinski definition) is 2. The zero-order valence-electron chi connectivity index (χ0n) is 10.3. The number of para-hydroxylation sites is 1. The van der Waals surface area contributed by atoms with Crippen LogP contribution in [0.2, 0.25) is 0 Å². The zero-order chi connectivity index (χ0) is 12.5. The van der Waals surface area contributed by atoms with Crippen molar-refractivity contribution in [2.75, 3.05) is 19.6 Å². The molecule has 3 rings (SSSR count). The zero-order valence-corrected chi connectivity index (χ0v) is 10.3. The minimum Gasteiger partial charge on any atom is -0.336 e. The highest BCUT2D eigenvalue weighted by molar-refractivity contribution is 6.05. The molecule has 1 aliphatic heterocycles. The number of carbonyl (C=O) groups excluding carboxylic acids is 1. The van der Waals surface area contributed by atoms with Gasteiger partial charge in [-0.3, -0.25) is 9.89 Å². The Morgan fingerprint density at radius 3 is 3.22 bits per heavy atom. The van der Waals surface area contributed by atoms with Crippen LogP contribution in [0.4, 0.5) is 0 Å². The van der Waals surface area contributed by atoms with E-state index in [-0.39, 0.29) is 5.91 Å². The van der Waals surface area contributed by atoms with E-state index in [1.54, 1.807) is 6.20 Å². The fourth-order valence-corrected chi connectivity index (χ4v) is 2.43. The molecule has 0 aliphatic carbocycles. The molecule has 1 amide bonds. The molecule has 1 fully saturated rings. The van der Waals surface area contributed by atoms with Gasteiger partial charge in [0.25, 0.3) is 5.91 Å². The fourth-order valence-electron chi connectivity index (χ4n) is 2.43. The lowest BCUT2D eigenvalue weighted by Gasteiger charge is -2.32. The minimum absolute atomic E-state index is 0.0817. The van der Waals surface area contributed by atoms with Crippen molar-refractivity contribution in [2.45, 2.75) is 13.0 Å². The van der Waals surface area contributed by atoms with Gasteiger partial charge in [0.05, 0.1) is 17.3 Å². The van der Waals surface area contributed by atoms with Gasteiger partial charge in [0, 0.05) is 31.1 Å². The molecule has 5 nitrogen and oxygen atoms in total. The lowest BCUT2D eigenvalue weighted by Crippen LogP contribution is -2.51. The maximum absolute atomic E-state index is 12.5. The molecule has 0 saturated carbocycles. The molecule has 1 atom stereocenters. The third-order valence-electron chi connectivity index (χ3n) is 3.36. The topological polar surface area (TPSA) is 61.0 Å². The standard InChI is InChI=1S/C13H16N4O/c1-9-8-17(6-5-14-9)13(18)11-4-2-3-10-7-15-16-12(10)11/h2-4,7,9,14H,5-6,8H2,1H3,(H,15,16). The Bertz CT molecular complexity index is 577. The van der Waals surface area contributed by atoms with E-state index >= 15 is 0 Å². The highest BCUT2D eigenvalue weighted by Crippen LogP contribution is 2.18. The van der Waals surface area contributed by atoms with E-state index in [2.05, 4.69) is 22.4 Å². The van der Waals surface area contributed by atoms with Crippen molar-refractivity contribution >= 4 is 16.8 Å². The first-order valence-electron chi connectivity index (χ1n) is 6.20. The molecule has 1 aromatic heterocycles.